The summed E-state index contributed by atoms with van der Waals surface area (Å²) in [6, 6.07) is 7.91. The minimum atomic E-state index is -0.126. The highest BCUT2D eigenvalue weighted by Crippen LogP contribution is 2.24. The third-order valence-corrected chi connectivity index (χ3v) is 3.02. The molecule has 0 aliphatic carbocycles. The van der Waals surface area contributed by atoms with Gasteiger partial charge in [-0.3, -0.25) is 0 Å². The fraction of sp³-hybridized carbons (Fsp3) is 0.417. The van der Waals surface area contributed by atoms with Crippen molar-refractivity contribution in [2.24, 2.45) is 4.99 Å². The summed E-state index contributed by atoms with van der Waals surface area (Å²) in [5.74, 6) is 0. The van der Waals surface area contributed by atoms with E-state index < -0.39 is 0 Å². The number of hydrogen-bond donors (Lipinski definition) is 0. The quantitative estimate of drug-likeness (QED) is 0.771. The first-order valence-corrected chi connectivity index (χ1v) is 5.39. The Kier molecular flexibility index (Phi) is 2.96. The summed E-state index contributed by atoms with van der Waals surface area (Å²) in [5.41, 5.74) is 1.04. The van der Waals surface area contributed by atoms with Crippen molar-refractivity contribution in [1.82, 2.24) is 0 Å². The first kappa shape index (κ1) is 10.5. The summed E-state index contributed by atoms with van der Waals surface area (Å²) in [5, 5.41) is 0.827. The standard InChI is InChI=1S/C12H13ClNO/c1-12(8-15-9-14-12)7-6-10-4-2-3-5-11(10)13/h2-5H,6-8H2,1H3. The van der Waals surface area contributed by atoms with Gasteiger partial charge in [0, 0.05) is 5.02 Å². The molecular weight excluding hydrogens is 210 g/mol. The highest BCUT2D eigenvalue weighted by molar-refractivity contribution is 6.31. The topological polar surface area (TPSA) is 21.6 Å². The van der Waals surface area contributed by atoms with Gasteiger partial charge in [0.2, 0.25) is 0 Å². The third-order valence-electron chi connectivity index (χ3n) is 2.65. The Morgan fingerprint density at radius 2 is 2.33 bits per heavy atom. The molecule has 1 aromatic carbocycles. The van der Waals surface area contributed by atoms with Crippen molar-refractivity contribution in [3.8, 4) is 0 Å². The zero-order valence-corrected chi connectivity index (χ0v) is 9.42. The summed E-state index contributed by atoms with van der Waals surface area (Å²) >= 11 is 6.08. The van der Waals surface area contributed by atoms with Gasteiger partial charge in [0.25, 0.3) is 6.40 Å². The van der Waals surface area contributed by atoms with Gasteiger partial charge in [0.1, 0.15) is 6.61 Å². The van der Waals surface area contributed by atoms with Crippen molar-refractivity contribution in [3.05, 3.63) is 34.9 Å². The van der Waals surface area contributed by atoms with Gasteiger partial charge in [0.05, 0.1) is 5.54 Å². The van der Waals surface area contributed by atoms with E-state index in [2.05, 4.69) is 24.4 Å². The lowest BCUT2D eigenvalue weighted by Crippen LogP contribution is -2.24. The molecule has 0 saturated carbocycles. The molecule has 1 radical (unpaired) electrons. The van der Waals surface area contributed by atoms with Crippen LogP contribution in [0.25, 0.3) is 0 Å². The number of halogens is 1. The maximum Gasteiger partial charge on any atom is 0.273 e. The van der Waals surface area contributed by atoms with Crippen molar-refractivity contribution < 1.29 is 4.74 Å². The van der Waals surface area contributed by atoms with E-state index in [4.69, 9.17) is 16.3 Å². The van der Waals surface area contributed by atoms with Gasteiger partial charge in [0.15, 0.2) is 0 Å². The van der Waals surface area contributed by atoms with Gasteiger partial charge < -0.3 is 4.74 Å². The highest BCUT2D eigenvalue weighted by atomic mass is 35.5. The Morgan fingerprint density at radius 3 is 3.00 bits per heavy atom. The van der Waals surface area contributed by atoms with E-state index in [1.165, 1.54) is 5.56 Å². The van der Waals surface area contributed by atoms with Crippen molar-refractivity contribution in [3.63, 3.8) is 0 Å². The molecule has 1 unspecified atom stereocenters. The smallest absolute Gasteiger partial charge is 0.273 e. The van der Waals surface area contributed by atoms with E-state index in [1.54, 1.807) is 0 Å². The van der Waals surface area contributed by atoms with E-state index in [0.29, 0.717) is 6.61 Å². The molecule has 1 heterocycles. The van der Waals surface area contributed by atoms with Gasteiger partial charge in [-0.1, -0.05) is 29.8 Å². The van der Waals surface area contributed by atoms with Gasteiger partial charge >= 0.3 is 0 Å². The number of nitrogens with zero attached hydrogens (tertiary/aromatic N) is 1. The molecule has 1 atom stereocenters. The summed E-state index contributed by atoms with van der Waals surface area (Å²) in [4.78, 5) is 4.20. The molecule has 0 aromatic heterocycles. The third kappa shape index (κ3) is 2.51. The second kappa shape index (κ2) is 4.23. The molecule has 0 N–H and O–H groups in total. The van der Waals surface area contributed by atoms with Crippen molar-refractivity contribution in [1.29, 1.82) is 0 Å². The highest BCUT2D eigenvalue weighted by Gasteiger charge is 2.27. The summed E-state index contributed by atoms with van der Waals surface area (Å²) in [7, 11) is 0. The molecule has 2 rings (SSSR count). The van der Waals surface area contributed by atoms with Gasteiger partial charge in [-0.05, 0) is 31.4 Å². The van der Waals surface area contributed by atoms with Crippen LogP contribution in [-0.2, 0) is 11.2 Å². The lowest BCUT2D eigenvalue weighted by Gasteiger charge is -2.18. The fourth-order valence-electron chi connectivity index (χ4n) is 1.60. The van der Waals surface area contributed by atoms with Crippen LogP contribution >= 0.6 is 11.6 Å². The van der Waals surface area contributed by atoms with Gasteiger partial charge in [-0.25, -0.2) is 4.99 Å². The Morgan fingerprint density at radius 1 is 1.53 bits per heavy atom. The Balaban J connectivity index is 1.99. The monoisotopic (exact) mass is 222 g/mol. The second-order valence-electron chi connectivity index (χ2n) is 4.08. The normalized spacial score (nSPS) is 24.1. The van der Waals surface area contributed by atoms with E-state index in [0.717, 1.165) is 17.9 Å². The fourth-order valence-corrected chi connectivity index (χ4v) is 1.83. The van der Waals surface area contributed by atoms with Crippen LogP contribution in [0.3, 0.4) is 0 Å². The molecular formula is C12H13ClNO. The van der Waals surface area contributed by atoms with Crippen molar-refractivity contribution >= 4 is 18.0 Å². The van der Waals surface area contributed by atoms with Crippen LogP contribution in [-0.4, -0.2) is 18.5 Å². The van der Waals surface area contributed by atoms with E-state index >= 15 is 0 Å². The van der Waals surface area contributed by atoms with Gasteiger partial charge in [-0.2, -0.15) is 0 Å². The number of rotatable bonds is 3. The summed E-state index contributed by atoms with van der Waals surface area (Å²) < 4.78 is 5.03. The molecule has 1 aliphatic rings. The zero-order valence-electron chi connectivity index (χ0n) is 8.66. The Labute approximate surface area is 94.9 Å². The minimum absolute atomic E-state index is 0.126. The molecule has 0 bridgehead atoms. The number of aryl methyl sites for hydroxylation is 1. The molecule has 0 saturated heterocycles. The van der Waals surface area contributed by atoms with Crippen LogP contribution in [0.1, 0.15) is 18.9 Å². The van der Waals surface area contributed by atoms with Crippen LogP contribution in [0.2, 0.25) is 5.02 Å². The maximum absolute atomic E-state index is 6.08. The van der Waals surface area contributed by atoms with Crippen LogP contribution in [0.4, 0.5) is 0 Å². The van der Waals surface area contributed by atoms with E-state index in [9.17, 15) is 0 Å². The van der Waals surface area contributed by atoms with Crippen molar-refractivity contribution in [2.45, 2.75) is 25.3 Å². The first-order valence-electron chi connectivity index (χ1n) is 5.02. The summed E-state index contributed by atoms with van der Waals surface area (Å²) in [6.07, 6.45) is 4.41. The summed E-state index contributed by atoms with van der Waals surface area (Å²) in [6.45, 7) is 2.70. The van der Waals surface area contributed by atoms with Gasteiger partial charge in [-0.15, -0.1) is 0 Å². The first-order chi connectivity index (χ1) is 7.20. The van der Waals surface area contributed by atoms with Crippen LogP contribution in [0, 0.1) is 0 Å². The van der Waals surface area contributed by atoms with Crippen molar-refractivity contribution in [2.75, 3.05) is 6.61 Å². The average molecular weight is 223 g/mol. The molecule has 2 nitrogen and oxygen atoms in total. The molecule has 0 amide bonds. The number of benzene rings is 1. The lowest BCUT2D eigenvalue weighted by molar-refractivity contribution is 0.264. The average Bonchev–Trinajstić information content (AvgIpc) is 2.65. The van der Waals surface area contributed by atoms with Crippen LogP contribution in [0.15, 0.2) is 29.3 Å². The second-order valence-corrected chi connectivity index (χ2v) is 4.49. The van der Waals surface area contributed by atoms with Crippen LogP contribution < -0.4 is 0 Å². The lowest BCUT2D eigenvalue weighted by atomic mass is 9.95. The molecule has 0 fully saturated rings. The van der Waals surface area contributed by atoms with E-state index in [-0.39, 0.29) is 5.54 Å². The van der Waals surface area contributed by atoms with E-state index in [1.807, 2.05) is 18.2 Å². The number of hydrogen-bond acceptors (Lipinski definition) is 2. The molecule has 79 valence electrons. The van der Waals surface area contributed by atoms with Crippen LogP contribution in [0.5, 0.6) is 0 Å². The zero-order chi connectivity index (χ0) is 10.7. The molecule has 0 spiro atoms. The Bertz CT molecular complexity index is 378. The minimum Gasteiger partial charge on any atom is -0.472 e. The predicted octanol–water partition coefficient (Wildman–Crippen LogP) is 2.97. The number of aliphatic imine (C=N–C) groups is 1. The Hall–Kier alpha value is -1.02. The molecule has 1 aromatic rings. The predicted molar refractivity (Wildman–Crippen MR) is 61.6 cm³/mol. The number of ether oxygens (including phenoxy) is 1. The largest absolute Gasteiger partial charge is 0.472 e. The molecule has 3 heteroatoms. The maximum atomic E-state index is 6.08. The molecule has 15 heavy (non-hydrogen) atoms. The SMILES string of the molecule is CC1(CCc2ccccc2Cl)CO[C]=N1. The molecule has 1 aliphatic heterocycles.